The summed E-state index contributed by atoms with van der Waals surface area (Å²) >= 11 is 0. The molecule has 110 valence electrons. The molecule has 2 rings (SSSR count). The highest BCUT2D eigenvalue weighted by Crippen LogP contribution is 2.27. The first kappa shape index (κ1) is 14.9. The van der Waals surface area contributed by atoms with Gasteiger partial charge in [-0.05, 0) is 38.9 Å². The van der Waals surface area contributed by atoms with Crippen LogP contribution in [0.15, 0.2) is 12.3 Å². The van der Waals surface area contributed by atoms with Gasteiger partial charge >= 0.3 is 0 Å². The number of carbonyl (C=O) groups is 1. The molecule has 5 nitrogen and oxygen atoms in total. The number of hydrogen-bond acceptors (Lipinski definition) is 4. The van der Waals surface area contributed by atoms with Crippen LogP contribution in [0.2, 0.25) is 0 Å². The fraction of sp³-hybridized carbons (Fsp3) is 0.667. The summed E-state index contributed by atoms with van der Waals surface area (Å²) < 4.78 is 0. The quantitative estimate of drug-likeness (QED) is 0.907. The second-order valence-corrected chi connectivity index (χ2v) is 5.88. The molecule has 0 radical (unpaired) electrons. The molecule has 1 aliphatic heterocycles. The summed E-state index contributed by atoms with van der Waals surface area (Å²) in [4.78, 5) is 22.4. The van der Waals surface area contributed by atoms with Gasteiger partial charge in [0.15, 0.2) is 0 Å². The van der Waals surface area contributed by atoms with E-state index in [-0.39, 0.29) is 11.9 Å². The first-order valence-electron chi connectivity index (χ1n) is 7.35. The minimum absolute atomic E-state index is 0.174. The number of rotatable bonds is 4. The van der Waals surface area contributed by atoms with Gasteiger partial charge in [0.25, 0.3) is 0 Å². The number of likely N-dealkylation sites (tertiary alicyclic amines) is 1. The monoisotopic (exact) mass is 276 g/mol. The number of carbonyl (C=O) groups excluding carboxylic acids is 1. The molecule has 20 heavy (non-hydrogen) atoms. The Labute approximate surface area is 120 Å². The highest BCUT2D eigenvalue weighted by Gasteiger charge is 2.26. The minimum Gasteiger partial charge on any atom is -0.368 e. The van der Waals surface area contributed by atoms with Crippen molar-refractivity contribution in [2.24, 2.45) is 5.73 Å². The average molecular weight is 276 g/mol. The van der Waals surface area contributed by atoms with Gasteiger partial charge in [0.1, 0.15) is 5.82 Å². The Balaban J connectivity index is 2.00. The van der Waals surface area contributed by atoms with Gasteiger partial charge in [-0.3, -0.25) is 9.69 Å². The fourth-order valence-corrected chi connectivity index (χ4v) is 2.66. The normalized spacial score (nSPS) is 19.2. The van der Waals surface area contributed by atoms with E-state index >= 15 is 0 Å². The van der Waals surface area contributed by atoms with Crippen molar-refractivity contribution in [2.45, 2.75) is 51.5 Å². The summed E-state index contributed by atoms with van der Waals surface area (Å²) in [6.07, 6.45) is 3.90. The van der Waals surface area contributed by atoms with E-state index < -0.39 is 0 Å². The van der Waals surface area contributed by atoms with E-state index in [0.717, 1.165) is 37.4 Å². The maximum absolute atomic E-state index is 11.2. The molecule has 0 saturated carbocycles. The predicted octanol–water partition coefficient (Wildman–Crippen LogP) is 1.65. The number of aromatic nitrogens is 2. The second kappa shape index (κ2) is 6.31. The summed E-state index contributed by atoms with van der Waals surface area (Å²) in [5.41, 5.74) is 6.50. The lowest BCUT2D eigenvalue weighted by Crippen LogP contribution is -2.46. The molecular weight excluding hydrogens is 252 g/mol. The molecule has 2 N–H and O–H groups in total. The lowest BCUT2D eigenvalue weighted by atomic mass is 9.92. The van der Waals surface area contributed by atoms with Gasteiger partial charge in [0, 0.05) is 23.7 Å². The van der Waals surface area contributed by atoms with Gasteiger partial charge in [0.05, 0.1) is 6.04 Å². The van der Waals surface area contributed by atoms with E-state index in [0.29, 0.717) is 11.8 Å². The zero-order chi connectivity index (χ0) is 14.7. The van der Waals surface area contributed by atoms with Crippen molar-refractivity contribution < 1.29 is 4.79 Å². The lowest BCUT2D eigenvalue weighted by Gasteiger charge is -2.34. The Hall–Kier alpha value is -1.49. The summed E-state index contributed by atoms with van der Waals surface area (Å²) in [6, 6.07) is 1.84. The SMILES string of the molecule is CC(C)c1nccc(C2CCN([C@@H](C)C(N)=O)CC2)n1. The molecule has 1 aliphatic rings. The molecule has 0 unspecified atom stereocenters. The molecule has 2 heterocycles. The molecule has 0 aromatic carbocycles. The van der Waals surface area contributed by atoms with Crippen LogP contribution in [0, 0.1) is 0 Å². The molecule has 1 fully saturated rings. The Bertz CT molecular complexity index is 467. The van der Waals surface area contributed by atoms with Crippen molar-refractivity contribution in [3.8, 4) is 0 Å². The molecule has 0 bridgehead atoms. The van der Waals surface area contributed by atoms with Crippen LogP contribution in [0.5, 0.6) is 0 Å². The molecule has 1 atom stereocenters. The molecule has 5 heteroatoms. The highest BCUT2D eigenvalue weighted by molar-refractivity contribution is 5.79. The van der Waals surface area contributed by atoms with Gasteiger partial charge in [-0.25, -0.2) is 9.97 Å². The maximum atomic E-state index is 11.2. The van der Waals surface area contributed by atoms with E-state index in [2.05, 4.69) is 28.7 Å². The number of nitrogens with two attached hydrogens (primary N) is 1. The zero-order valence-corrected chi connectivity index (χ0v) is 12.5. The van der Waals surface area contributed by atoms with Crippen molar-refractivity contribution in [1.29, 1.82) is 0 Å². The van der Waals surface area contributed by atoms with Gasteiger partial charge < -0.3 is 5.73 Å². The largest absolute Gasteiger partial charge is 0.368 e. The molecular formula is C15H24N4O. The average Bonchev–Trinajstić information content (AvgIpc) is 2.46. The van der Waals surface area contributed by atoms with E-state index in [9.17, 15) is 4.79 Å². The van der Waals surface area contributed by atoms with E-state index in [4.69, 9.17) is 5.73 Å². The van der Waals surface area contributed by atoms with Crippen molar-refractivity contribution >= 4 is 5.91 Å². The third-order valence-electron chi connectivity index (χ3n) is 4.12. The Morgan fingerprint density at radius 1 is 1.35 bits per heavy atom. The fourth-order valence-electron chi connectivity index (χ4n) is 2.66. The van der Waals surface area contributed by atoms with Gasteiger partial charge in [0.2, 0.25) is 5.91 Å². The lowest BCUT2D eigenvalue weighted by molar-refractivity contribution is -0.123. The van der Waals surface area contributed by atoms with Crippen LogP contribution >= 0.6 is 0 Å². The van der Waals surface area contributed by atoms with Crippen LogP contribution in [-0.4, -0.2) is 39.9 Å². The van der Waals surface area contributed by atoms with Crippen LogP contribution in [0.3, 0.4) is 0 Å². The smallest absolute Gasteiger partial charge is 0.234 e. The number of hydrogen-bond donors (Lipinski definition) is 1. The summed E-state index contributed by atoms with van der Waals surface area (Å²) in [7, 11) is 0. The third-order valence-corrected chi connectivity index (χ3v) is 4.12. The number of nitrogens with zero attached hydrogens (tertiary/aromatic N) is 3. The molecule has 1 aromatic rings. The standard InChI is InChI=1S/C15H24N4O/c1-10(2)15-17-7-4-13(18-15)12-5-8-19(9-6-12)11(3)14(16)20/h4,7,10-12H,5-6,8-9H2,1-3H3,(H2,16,20)/t11-/m0/s1. The molecule has 0 spiro atoms. The van der Waals surface area contributed by atoms with Crippen LogP contribution in [-0.2, 0) is 4.79 Å². The Morgan fingerprint density at radius 2 is 2.00 bits per heavy atom. The summed E-state index contributed by atoms with van der Waals surface area (Å²) in [5.74, 6) is 1.49. The molecule has 1 amide bonds. The van der Waals surface area contributed by atoms with Gasteiger partial charge in [-0.15, -0.1) is 0 Å². The van der Waals surface area contributed by atoms with Crippen LogP contribution in [0.25, 0.3) is 0 Å². The van der Waals surface area contributed by atoms with Crippen molar-refractivity contribution in [2.75, 3.05) is 13.1 Å². The second-order valence-electron chi connectivity index (χ2n) is 5.88. The topological polar surface area (TPSA) is 72.1 Å². The van der Waals surface area contributed by atoms with Crippen LogP contribution in [0.4, 0.5) is 0 Å². The Morgan fingerprint density at radius 3 is 2.55 bits per heavy atom. The van der Waals surface area contributed by atoms with Gasteiger partial charge in [-0.1, -0.05) is 13.8 Å². The number of primary amides is 1. The first-order chi connectivity index (χ1) is 9.49. The zero-order valence-electron chi connectivity index (χ0n) is 12.5. The summed E-state index contributed by atoms with van der Waals surface area (Å²) in [6.45, 7) is 7.89. The minimum atomic E-state index is -0.243. The summed E-state index contributed by atoms with van der Waals surface area (Å²) in [5, 5.41) is 0. The number of piperidine rings is 1. The molecule has 1 aromatic heterocycles. The van der Waals surface area contributed by atoms with Crippen LogP contribution in [0.1, 0.15) is 57.0 Å². The Kier molecular flexibility index (Phi) is 4.70. The van der Waals surface area contributed by atoms with Crippen molar-refractivity contribution in [3.05, 3.63) is 23.8 Å². The van der Waals surface area contributed by atoms with Crippen molar-refractivity contribution in [3.63, 3.8) is 0 Å². The van der Waals surface area contributed by atoms with Gasteiger partial charge in [-0.2, -0.15) is 0 Å². The molecule has 0 aliphatic carbocycles. The highest BCUT2D eigenvalue weighted by atomic mass is 16.1. The number of amides is 1. The predicted molar refractivity (Wildman–Crippen MR) is 78.3 cm³/mol. The van der Waals surface area contributed by atoms with E-state index in [1.807, 2.05) is 19.2 Å². The third kappa shape index (κ3) is 3.33. The maximum Gasteiger partial charge on any atom is 0.234 e. The van der Waals surface area contributed by atoms with Crippen molar-refractivity contribution in [1.82, 2.24) is 14.9 Å². The van der Waals surface area contributed by atoms with E-state index in [1.54, 1.807) is 0 Å². The van der Waals surface area contributed by atoms with Crippen LogP contribution < -0.4 is 5.73 Å². The molecule has 1 saturated heterocycles. The van der Waals surface area contributed by atoms with E-state index in [1.165, 1.54) is 0 Å². The first-order valence-corrected chi connectivity index (χ1v) is 7.35.